The Hall–Kier alpha value is -2.71. The van der Waals surface area contributed by atoms with Gasteiger partial charge in [0.15, 0.2) is 10.8 Å². The Labute approximate surface area is 161 Å². The zero-order valence-electron chi connectivity index (χ0n) is 15.2. The van der Waals surface area contributed by atoms with Crippen molar-refractivity contribution in [2.75, 3.05) is 36.5 Å². The molecule has 4 heterocycles. The number of hydrogen-bond donors (Lipinski definition) is 1. The van der Waals surface area contributed by atoms with Crippen LogP contribution in [-0.4, -0.2) is 42.2 Å². The van der Waals surface area contributed by atoms with E-state index in [0.29, 0.717) is 40.2 Å². The molecule has 0 atom stereocenters. The molecule has 140 valence electrons. The van der Waals surface area contributed by atoms with Gasteiger partial charge in [0, 0.05) is 13.1 Å². The number of aryl methyl sites for hydroxylation is 2. The van der Waals surface area contributed by atoms with E-state index in [2.05, 4.69) is 20.2 Å². The van der Waals surface area contributed by atoms with Crippen LogP contribution in [-0.2, 0) is 4.74 Å². The molecule has 1 amide bonds. The van der Waals surface area contributed by atoms with Gasteiger partial charge in [0.05, 0.1) is 30.8 Å². The highest BCUT2D eigenvalue weighted by Gasteiger charge is 2.18. The van der Waals surface area contributed by atoms with Crippen LogP contribution in [0.4, 0.5) is 11.5 Å². The number of thiazole rings is 1. The molecule has 4 rings (SSSR count). The average molecular weight is 384 g/mol. The maximum absolute atomic E-state index is 12.6. The van der Waals surface area contributed by atoms with E-state index in [1.165, 1.54) is 11.3 Å². The van der Waals surface area contributed by atoms with Crippen molar-refractivity contribution in [2.45, 2.75) is 13.8 Å². The number of rotatable bonds is 4. The number of pyridine rings is 1. The molecule has 7 nitrogen and oxygen atoms in total. The number of anilines is 2. The number of carbonyl (C=O) groups excluding carboxylic acids is 1. The molecule has 8 heteroatoms. The summed E-state index contributed by atoms with van der Waals surface area (Å²) in [4.78, 5) is 24.3. The van der Waals surface area contributed by atoms with Crippen LogP contribution in [0.25, 0.3) is 10.8 Å². The van der Waals surface area contributed by atoms with Gasteiger partial charge in [-0.1, -0.05) is 0 Å². The topological polar surface area (TPSA) is 80.5 Å². The van der Waals surface area contributed by atoms with Crippen LogP contribution in [0.15, 0.2) is 34.9 Å². The smallest absolute Gasteiger partial charge is 0.267 e. The Morgan fingerprint density at radius 3 is 2.67 bits per heavy atom. The second kappa shape index (κ2) is 7.50. The molecule has 1 saturated heterocycles. The van der Waals surface area contributed by atoms with Gasteiger partial charge in [0.1, 0.15) is 16.5 Å². The van der Waals surface area contributed by atoms with Crippen LogP contribution in [0.3, 0.4) is 0 Å². The Kier molecular flexibility index (Phi) is 4.91. The Bertz CT molecular complexity index is 942. The van der Waals surface area contributed by atoms with E-state index in [1.807, 2.05) is 38.1 Å². The van der Waals surface area contributed by atoms with Crippen molar-refractivity contribution < 1.29 is 13.9 Å². The third-order valence-electron chi connectivity index (χ3n) is 4.29. The van der Waals surface area contributed by atoms with Crippen LogP contribution >= 0.6 is 11.3 Å². The Balaban J connectivity index is 1.46. The predicted octanol–water partition coefficient (Wildman–Crippen LogP) is 3.50. The quantitative estimate of drug-likeness (QED) is 0.741. The number of carbonyl (C=O) groups is 1. The average Bonchev–Trinajstić information content (AvgIpc) is 3.29. The molecule has 3 aromatic rings. The maximum atomic E-state index is 12.6. The molecule has 3 aromatic heterocycles. The molecule has 0 spiro atoms. The van der Waals surface area contributed by atoms with Crippen molar-refractivity contribution in [2.24, 2.45) is 0 Å². The molecule has 1 aliphatic rings. The normalized spacial score (nSPS) is 14.4. The molecule has 0 radical (unpaired) electrons. The standard InChI is InChI=1S/C19H20N4O3S/c1-12-3-5-15(26-12)19-21-13(2)17(27-19)18(24)22-14-4-6-16(20-11-14)23-7-9-25-10-8-23/h3-6,11H,7-10H2,1-2H3,(H,22,24). The second-order valence-corrected chi connectivity index (χ2v) is 7.30. The summed E-state index contributed by atoms with van der Waals surface area (Å²) in [6.07, 6.45) is 1.68. The molecule has 0 bridgehead atoms. The van der Waals surface area contributed by atoms with Crippen LogP contribution in [0, 0.1) is 13.8 Å². The first-order chi connectivity index (χ1) is 13.1. The number of nitrogens with one attached hydrogen (secondary N) is 1. The highest BCUT2D eigenvalue weighted by molar-refractivity contribution is 7.17. The van der Waals surface area contributed by atoms with E-state index >= 15 is 0 Å². The largest absolute Gasteiger partial charge is 0.459 e. The molecule has 0 unspecified atom stereocenters. The summed E-state index contributed by atoms with van der Waals surface area (Å²) in [6.45, 7) is 6.78. The Morgan fingerprint density at radius 1 is 1.19 bits per heavy atom. The van der Waals surface area contributed by atoms with E-state index in [0.717, 1.165) is 24.7 Å². The van der Waals surface area contributed by atoms with Crippen molar-refractivity contribution in [1.29, 1.82) is 0 Å². The fraction of sp³-hybridized carbons (Fsp3) is 0.316. The van der Waals surface area contributed by atoms with Gasteiger partial charge in [-0.05, 0) is 38.1 Å². The first-order valence-corrected chi connectivity index (χ1v) is 9.56. The van der Waals surface area contributed by atoms with Crippen LogP contribution in [0.5, 0.6) is 0 Å². The number of amides is 1. The summed E-state index contributed by atoms with van der Waals surface area (Å²) in [5.41, 5.74) is 1.33. The zero-order valence-corrected chi connectivity index (χ0v) is 16.0. The number of aromatic nitrogens is 2. The van der Waals surface area contributed by atoms with Crippen molar-refractivity contribution in [3.8, 4) is 10.8 Å². The van der Waals surface area contributed by atoms with Gasteiger partial charge in [-0.25, -0.2) is 9.97 Å². The highest BCUT2D eigenvalue weighted by Crippen LogP contribution is 2.29. The number of furan rings is 1. The summed E-state index contributed by atoms with van der Waals surface area (Å²) < 4.78 is 11.0. The molecule has 0 aliphatic carbocycles. The Morgan fingerprint density at radius 2 is 2.00 bits per heavy atom. The third-order valence-corrected chi connectivity index (χ3v) is 5.47. The van der Waals surface area contributed by atoms with E-state index in [9.17, 15) is 4.79 Å². The van der Waals surface area contributed by atoms with E-state index < -0.39 is 0 Å². The first kappa shape index (κ1) is 17.7. The van der Waals surface area contributed by atoms with E-state index in [4.69, 9.17) is 9.15 Å². The summed E-state index contributed by atoms with van der Waals surface area (Å²) in [5, 5.41) is 3.59. The van der Waals surface area contributed by atoms with E-state index in [-0.39, 0.29) is 5.91 Å². The van der Waals surface area contributed by atoms with Crippen LogP contribution in [0.1, 0.15) is 21.1 Å². The highest BCUT2D eigenvalue weighted by atomic mass is 32.1. The lowest BCUT2D eigenvalue weighted by Gasteiger charge is -2.27. The molecular weight excluding hydrogens is 364 g/mol. The lowest BCUT2D eigenvalue weighted by molar-refractivity contribution is 0.102. The number of ether oxygens (including phenoxy) is 1. The minimum atomic E-state index is -0.194. The summed E-state index contributed by atoms with van der Waals surface area (Å²) in [6, 6.07) is 7.53. The zero-order chi connectivity index (χ0) is 18.8. The first-order valence-electron chi connectivity index (χ1n) is 8.74. The monoisotopic (exact) mass is 384 g/mol. The summed E-state index contributed by atoms with van der Waals surface area (Å²) in [7, 11) is 0. The minimum Gasteiger partial charge on any atom is -0.459 e. The number of hydrogen-bond acceptors (Lipinski definition) is 7. The molecule has 1 N–H and O–H groups in total. The summed E-state index contributed by atoms with van der Waals surface area (Å²) in [5.74, 6) is 2.19. The fourth-order valence-corrected chi connectivity index (χ4v) is 3.81. The predicted molar refractivity (Wildman–Crippen MR) is 105 cm³/mol. The second-order valence-electron chi connectivity index (χ2n) is 6.30. The van der Waals surface area contributed by atoms with Gasteiger partial charge in [-0.15, -0.1) is 11.3 Å². The van der Waals surface area contributed by atoms with Gasteiger partial charge >= 0.3 is 0 Å². The van der Waals surface area contributed by atoms with Crippen LogP contribution in [0.2, 0.25) is 0 Å². The van der Waals surface area contributed by atoms with Crippen molar-refractivity contribution in [3.05, 3.63) is 46.8 Å². The van der Waals surface area contributed by atoms with Crippen molar-refractivity contribution >= 4 is 28.7 Å². The molecule has 1 aliphatic heterocycles. The number of nitrogens with zero attached hydrogens (tertiary/aromatic N) is 3. The number of morpholine rings is 1. The minimum absolute atomic E-state index is 0.194. The SMILES string of the molecule is Cc1ccc(-c2nc(C)c(C(=O)Nc3ccc(N4CCOCC4)nc3)s2)o1. The van der Waals surface area contributed by atoms with E-state index in [1.54, 1.807) is 6.20 Å². The van der Waals surface area contributed by atoms with Crippen molar-refractivity contribution in [3.63, 3.8) is 0 Å². The van der Waals surface area contributed by atoms with Gasteiger partial charge in [0.2, 0.25) is 0 Å². The van der Waals surface area contributed by atoms with Crippen molar-refractivity contribution in [1.82, 2.24) is 9.97 Å². The lowest BCUT2D eigenvalue weighted by atomic mass is 10.3. The van der Waals surface area contributed by atoms with Gasteiger partial charge in [0.25, 0.3) is 5.91 Å². The van der Waals surface area contributed by atoms with Gasteiger partial charge < -0.3 is 19.4 Å². The molecular formula is C19H20N4O3S. The molecule has 0 saturated carbocycles. The molecule has 27 heavy (non-hydrogen) atoms. The fourth-order valence-electron chi connectivity index (χ4n) is 2.89. The maximum Gasteiger partial charge on any atom is 0.267 e. The molecule has 0 aromatic carbocycles. The van der Waals surface area contributed by atoms with Gasteiger partial charge in [-0.3, -0.25) is 4.79 Å². The summed E-state index contributed by atoms with van der Waals surface area (Å²) >= 11 is 1.32. The lowest BCUT2D eigenvalue weighted by Crippen LogP contribution is -2.36. The third kappa shape index (κ3) is 3.86. The van der Waals surface area contributed by atoms with Crippen LogP contribution < -0.4 is 10.2 Å². The molecule has 1 fully saturated rings. The van der Waals surface area contributed by atoms with Gasteiger partial charge in [-0.2, -0.15) is 0 Å².